The Kier molecular flexibility index (Phi) is 2.41. The van der Waals surface area contributed by atoms with E-state index in [4.69, 9.17) is 0 Å². The first kappa shape index (κ1) is 11.0. The maximum Gasteiger partial charge on any atom is 0.285 e. The van der Waals surface area contributed by atoms with Crippen molar-refractivity contribution < 1.29 is 8.42 Å². The molecule has 0 aliphatic heterocycles. The second-order valence-corrected chi connectivity index (χ2v) is 5.61. The molecule has 18 heavy (non-hydrogen) atoms. The van der Waals surface area contributed by atoms with E-state index in [1.165, 1.54) is 16.2 Å². The molecule has 0 aliphatic rings. The van der Waals surface area contributed by atoms with Gasteiger partial charge in [0.25, 0.3) is 10.0 Å². The standard InChI is InChI=1S/C13H10N2O2S/c16-18(17,13-7-3-4-9-14-13)15-10-8-11-5-1-2-6-12(11)15/h1-10H. The quantitative estimate of drug-likeness (QED) is 0.708. The van der Waals surface area contributed by atoms with Crippen molar-refractivity contribution in [3.63, 3.8) is 0 Å². The monoisotopic (exact) mass is 258 g/mol. The van der Waals surface area contributed by atoms with Crippen LogP contribution in [0.2, 0.25) is 0 Å². The summed E-state index contributed by atoms with van der Waals surface area (Å²) in [5.41, 5.74) is 0.656. The van der Waals surface area contributed by atoms with Crippen molar-refractivity contribution in [1.29, 1.82) is 0 Å². The number of fused-ring (bicyclic) bond motifs is 1. The maximum atomic E-state index is 12.4. The molecule has 0 atom stereocenters. The van der Waals surface area contributed by atoms with Crippen molar-refractivity contribution >= 4 is 20.9 Å². The van der Waals surface area contributed by atoms with Gasteiger partial charge >= 0.3 is 0 Å². The van der Waals surface area contributed by atoms with Crippen molar-refractivity contribution in [2.75, 3.05) is 0 Å². The van der Waals surface area contributed by atoms with Gasteiger partial charge in [-0.05, 0) is 24.3 Å². The van der Waals surface area contributed by atoms with Gasteiger partial charge in [0.1, 0.15) is 0 Å². The van der Waals surface area contributed by atoms with Gasteiger partial charge < -0.3 is 0 Å². The van der Waals surface area contributed by atoms with Crippen LogP contribution in [0.1, 0.15) is 0 Å². The van der Waals surface area contributed by atoms with Gasteiger partial charge in [0, 0.05) is 17.8 Å². The molecule has 0 bridgehead atoms. The minimum atomic E-state index is -3.62. The van der Waals surface area contributed by atoms with Gasteiger partial charge in [-0.1, -0.05) is 24.3 Å². The molecule has 1 aromatic carbocycles. The zero-order chi connectivity index (χ0) is 12.6. The third-order valence-corrected chi connectivity index (χ3v) is 4.33. The van der Waals surface area contributed by atoms with Gasteiger partial charge in [-0.25, -0.2) is 8.96 Å². The van der Waals surface area contributed by atoms with E-state index in [0.29, 0.717) is 5.52 Å². The Bertz CT molecular complexity index is 792. The smallest absolute Gasteiger partial charge is 0.243 e. The summed E-state index contributed by atoms with van der Waals surface area (Å²) in [5, 5.41) is 0.934. The molecule has 0 spiro atoms. The van der Waals surface area contributed by atoms with Crippen LogP contribution in [0.15, 0.2) is 66.0 Å². The van der Waals surface area contributed by atoms with Crippen LogP contribution in [0.25, 0.3) is 10.9 Å². The van der Waals surface area contributed by atoms with Crippen LogP contribution in [0.3, 0.4) is 0 Å². The Labute approximate surface area is 105 Å². The second kappa shape index (κ2) is 3.96. The number of hydrogen-bond acceptors (Lipinski definition) is 3. The first-order valence-electron chi connectivity index (χ1n) is 5.42. The molecule has 5 heteroatoms. The first-order chi connectivity index (χ1) is 8.69. The van der Waals surface area contributed by atoms with E-state index >= 15 is 0 Å². The lowest BCUT2D eigenvalue weighted by molar-refractivity contribution is 0.585. The zero-order valence-electron chi connectivity index (χ0n) is 9.39. The molecule has 0 fully saturated rings. The Hall–Kier alpha value is -2.14. The van der Waals surface area contributed by atoms with Gasteiger partial charge in [0.05, 0.1) is 5.52 Å². The van der Waals surface area contributed by atoms with Crippen molar-refractivity contribution in [3.05, 3.63) is 60.9 Å². The number of pyridine rings is 1. The van der Waals surface area contributed by atoms with Gasteiger partial charge in [-0.3, -0.25) is 0 Å². The summed E-state index contributed by atoms with van der Waals surface area (Å²) in [6.07, 6.45) is 3.02. The number of benzene rings is 1. The molecule has 4 nitrogen and oxygen atoms in total. The molecular formula is C13H10N2O2S. The molecule has 0 saturated heterocycles. The molecule has 3 aromatic rings. The van der Waals surface area contributed by atoms with Gasteiger partial charge in [0.2, 0.25) is 0 Å². The third kappa shape index (κ3) is 1.60. The topological polar surface area (TPSA) is 52.0 Å². The summed E-state index contributed by atoms with van der Waals surface area (Å²) in [5.74, 6) is 0. The summed E-state index contributed by atoms with van der Waals surface area (Å²) in [6.45, 7) is 0. The molecule has 0 unspecified atom stereocenters. The van der Waals surface area contributed by atoms with E-state index in [9.17, 15) is 8.42 Å². The van der Waals surface area contributed by atoms with E-state index in [1.807, 2.05) is 18.2 Å². The van der Waals surface area contributed by atoms with Crippen LogP contribution in [-0.2, 0) is 10.0 Å². The molecule has 2 heterocycles. The lowest BCUT2D eigenvalue weighted by Crippen LogP contribution is -2.13. The van der Waals surface area contributed by atoms with E-state index < -0.39 is 10.0 Å². The third-order valence-electron chi connectivity index (χ3n) is 2.72. The SMILES string of the molecule is O=S(=O)(c1ccccn1)n1ccc2ccccc21. The Morgan fingerprint density at radius 1 is 0.944 bits per heavy atom. The zero-order valence-corrected chi connectivity index (χ0v) is 10.2. The van der Waals surface area contributed by atoms with E-state index in [0.717, 1.165) is 5.39 Å². The summed E-state index contributed by atoms with van der Waals surface area (Å²) in [7, 11) is -3.62. The minimum absolute atomic E-state index is 0.0475. The van der Waals surface area contributed by atoms with Crippen molar-refractivity contribution in [3.8, 4) is 0 Å². The lowest BCUT2D eigenvalue weighted by Gasteiger charge is -2.06. The van der Waals surface area contributed by atoms with E-state index in [1.54, 1.807) is 30.5 Å². The highest BCUT2D eigenvalue weighted by Crippen LogP contribution is 2.20. The number of rotatable bonds is 2. The number of aromatic nitrogens is 2. The molecular weight excluding hydrogens is 248 g/mol. The fraction of sp³-hybridized carbons (Fsp3) is 0. The maximum absolute atomic E-state index is 12.4. The average molecular weight is 258 g/mol. The number of nitrogens with zero attached hydrogens (tertiary/aromatic N) is 2. The van der Waals surface area contributed by atoms with Crippen LogP contribution in [0.5, 0.6) is 0 Å². The van der Waals surface area contributed by atoms with Crippen LogP contribution < -0.4 is 0 Å². The van der Waals surface area contributed by atoms with Crippen LogP contribution in [0, 0.1) is 0 Å². The van der Waals surface area contributed by atoms with E-state index in [2.05, 4.69) is 4.98 Å². The van der Waals surface area contributed by atoms with Gasteiger partial charge in [-0.15, -0.1) is 0 Å². The molecule has 3 rings (SSSR count). The normalized spacial score (nSPS) is 11.8. The molecule has 0 N–H and O–H groups in total. The molecule has 2 aromatic heterocycles. The molecule has 0 saturated carbocycles. The highest BCUT2D eigenvalue weighted by Gasteiger charge is 2.19. The predicted octanol–water partition coefficient (Wildman–Crippen LogP) is 2.27. The fourth-order valence-electron chi connectivity index (χ4n) is 1.87. The predicted molar refractivity (Wildman–Crippen MR) is 68.8 cm³/mol. The lowest BCUT2D eigenvalue weighted by atomic mass is 10.3. The summed E-state index contributed by atoms with van der Waals surface area (Å²) in [4.78, 5) is 3.90. The Morgan fingerprint density at radius 3 is 2.50 bits per heavy atom. The first-order valence-corrected chi connectivity index (χ1v) is 6.86. The molecule has 0 radical (unpaired) electrons. The van der Waals surface area contributed by atoms with Crippen molar-refractivity contribution in [2.45, 2.75) is 5.03 Å². The number of hydrogen-bond donors (Lipinski definition) is 0. The average Bonchev–Trinajstić information content (AvgIpc) is 2.84. The summed E-state index contributed by atoms with van der Waals surface area (Å²) in [6, 6.07) is 13.9. The van der Waals surface area contributed by atoms with Crippen molar-refractivity contribution in [2.24, 2.45) is 0 Å². The molecule has 0 amide bonds. The van der Waals surface area contributed by atoms with Gasteiger partial charge in [-0.2, -0.15) is 8.42 Å². The Balaban J connectivity index is 2.27. The van der Waals surface area contributed by atoms with Crippen LogP contribution in [0.4, 0.5) is 0 Å². The highest BCUT2D eigenvalue weighted by atomic mass is 32.2. The van der Waals surface area contributed by atoms with Crippen LogP contribution in [-0.4, -0.2) is 17.4 Å². The Morgan fingerprint density at radius 2 is 1.72 bits per heavy atom. The van der Waals surface area contributed by atoms with E-state index in [-0.39, 0.29) is 5.03 Å². The molecule has 90 valence electrons. The summed E-state index contributed by atoms with van der Waals surface area (Å²) >= 11 is 0. The number of para-hydroxylation sites is 1. The minimum Gasteiger partial charge on any atom is -0.243 e. The second-order valence-electron chi connectivity index (χ2n) is 3.84. The highest BCUT2D eigenvalue weighted by molar-refractivity contribution is 7.90. The largest absolute Gasteiger partial charge is 0.285 e. The summed E-state index contributed by atoms with van der Waals surface area (Å²) < 4.78 is 26.1. The fourth-order valence-corrected chi connectivity index (χ4v) is 3.16. The van der Waals surface area contributed by atoms with Crippen molar-refractivity contribution in [1.82, 2.24) is 8.96 Å². The molecule has 0 aliphatic carbocycles. The van der Waals surface area contributed by atoms with Gasteiger partial charge in [0.15, 0.2) is 5.03 Å². The van der Waals surface area contributed by atoms with Crippen LogP contribution >= 0.6 is 0 Å².